The van der Waals surface area contributed by atoms with E-state index in [4.69, 9.17) is 9.73 Å². The molecule has 3 heterocycles. The fourth-order valence-corrected chi connectivity index (χ4v) is 4.25. The average molecular weight is 439 g/mol. The van der Waals surface area contributed by atoms with E-state index in [1.165, 1.54) is 16.0 Å². The van der Waals surface area contributed by atoms with Gasteiger partial charge in [-0.25, -0.2) is 4.99 Å². The lowest BCUT2D eigenvalue weighted by atomic mass is 9.99. The molecule has 1 aliphatic heterocycles. The van der Waals surface area contributed by atoms with Gasteiger partial charge in [0.1, 0.15) is 18.1 Å². The zero-order valence-corrected chi connectivity index (χ0v) is 19.3. The molecule has 0 aliphatic carbocycles. The van der Waals surface area contributed by atoms with Crippen molar-refractivity contribution < 1.29 is 4.74 Å². The van der Waals surface area contributed by atoms with Crippen molar-refractivity contribution in [2.75, 3.05) is 13.2 Å². The molecule has 3 aromatic rings. The summed E-state index contributed by atoms with van der Waals surface area (Å²) < 4.78 is 7.80. The maximum absolute atomic E-state index is 5.81. The van der Waals surface area contributed by atoms with Crippen LogP contribution in [0, 0.1) is 6.92 Å². The second kappa shape index (κ2) is 9.96. The SMILES string of the molecule is CCCOc1ccc2c(c1)CCN(C(=NCc1nnc(C)n1C)NCc1cccs1)C2. The van der Waals surface area contributed by atoms with E-state index in [0.29, 0.717) is 6.54 Å². The van der Waals surface area contributed by atoms with E-state index in [2.05, 4.69) is 63.0 Å². The Bertz CT molecular complexity index is 1030. The van der Waals surface area contributed by atoms with Gasteiger partial charge in [-0.2, -0.15) is 0 Å². The number of nitrogens with one attached hydrogen (secondary N) is 1. The lowest BCUT2D eigenvalue weighted by Gasteiger charge is -2.32. The summed E-state index contributed by atoms with van der Waals surface area (Å²) in [6.07, 6.45) is 1.99. The molecule has 0 saturated carbocycles. The highest BCUT2D eigenvalue weighted by atomic mass is 32.1. The van der Waals surface area contributed by atoms with Gasteiger partial charge in [0, 0.05) is 25.0 Å². The van der Waals surface area contributed by atoms with Gasteiger partial charge in [-0.15, -0.1) is 21.5 Å². The Morgan fingerprint density at radius 1 is 1.26 bits per heavy atom. The summed E-state index contributed by atoms with van der Waals surface area (Å²) >= 11 is 1.75. The summed E-state index contributed by atoms with van der Waals surface area (Å²) in [5.41, 5.74) is 2.70. The largest absolute Gasteiger partial charge is 0.494 e. The van der Waals surface area contributed by atoms with E-state index in [-0.39, 0.29) is 0 Å². The Morgan fingerprint density at radius 2 is 2.16 bits per heavy atom. The average Bonchev–Trinajstić information content (AvgIpc) is 3.42. The van der Waals surface area contributed by atoms with Gasteiger partial charge in [-0.1, -0.05) is 19.1 Å². The highest BCUT2D eigenvalue weighted by Gasteiger charge is 2.20. The fraction of sp³-hybridized carbons (Fsp3) is 0.435. The maximum Gasteiger partial charge on any atom is 0.194 e. The van der Waals surface area contributed by atoms with Crippen LogP contribution in [0.1, 0.15) is 41.0 Å². The second-order valence-electron chi connectivity index (χ2n) is 7.75. The smallest absolute Gasteiger partial charge is 0.194 e. The molecule has 1 N–H and O–H groups in total. The van der Waals surface area contributed by atoms with Crippen molar-refractivity contribution in [2.24, 2.45) is 12.0 Å². The first kappa shape index (κ1) is 21.4. The molecule has 0 atom stereocenters. The Labute approximate surface area is 187 Å². The summed E-state index contributed by atoms with van der Waals surface area (Å²) in [7, 11) is 1.98. The van der Waals surface area contributed by atoms with Crippen LogP contribution in [0.4, 0.5) is 0 Å². The van der Waals surface area contributed by atoms with Gasteiger partial charge in [0.15, 0.2) is 11.8 Å². The number of benzene rings is 1. The number of hydrogen-bond donors (Lipinski definition) is 1. The van der Waals surface area contributed by atoms with Crippen molar-refractivity contribution >= 4 is 17.3 Å². The van der Waals surface area contributed by atoms with Crippen LogP contribution in [0.15, 0.2) is 40.7 Å². The van der Waals surface area contributed by atoms with Gasteiger partial charge < -0.3 is 19.5 Å². The molecule has 164 valence electrons. The lowest BCUT2D eigenvalue weighted by molar-refractivity contribution is 0.315. The van der Waals surface area contributed by atoms with Gasteiger partial charge in [-0.05, 0) is 54.5 Å². The second-order valence-corrected chi connectivity index (χ2v) is 8.78. The van der Waals surface area contributed by atoms with Crippen LogP contribution in [0.2, 0.25) is 0 Å². The third kappa shape index (κ3) is 5.25. The molecule has 0 unspecified atom stereocenters. The number of aromatic nitrogens is 3. The van der Waals surface area contributed by atoms with E-state index < -0.39 is 0 Å². The summed E-state index contributed by atoms with van der Waals surface area (Å²) in [6, 6.07) is 10.7. The number of guanidine groups is 1. The molecular formula is C23H30N6OS. The Balaban J connectivity index is 1.50. The van der Waals surface area contributed by atoms with Crippen molar-refractivity contribution in [2.45, 2.75) is 46.3 Å². The normalized spacial score (nSPS) is 13.9. The molecule has 1 aliphatic rings. The Morgan fingerprint density at radius 3 is 2.90 bits per heavy atom. The molecule has 1 aromatic carbocycles. The Kier molecular flexibility index (Phi) is 6.86. The zero-order valence-electron chi connectivity index (χ0n) is 18.5. The summed E-state index contributed by atoms with van der Waals surface area (Å²) in [4.78, 5) is 8.52. The van der Waals surface area contributed by atoms with Crippen LogP contribution < -0.4 is 10.1 Å². The molecule has 0 radical (unpaired) electrons. The number of fused-ring (bicyclic) bond motifs is 1. The Hall–Kier alpha value is -2.87. The highest BCUT2D eigenvalue weighted by molar-refractivity contribution is 7.09. The molecule has 0 saturated heterocycles. The lowest BCUT2D eigenvalue weighted by Crippen LogP contribution is -2.43. The number of nitrogens with zero attached hydrogens (tertiary/aromatic N) is 5. The summed E-state index contributed by atoms with van der Waals surface area (Å²) in [5.74, 6) is 3.64. The van der Waals surface area contributed by atoms with Crippen molar-refractivity contribution in [1.29, 1.82) is 0 Å². The molecule has 7 nitrogen and oxygen atoms in total. The quantitative estimate of drug-likeness (QED) is 0.450. The molecule has 8 heteroatoms. The van der Waals surface area contributed by atoms with Crippen LogP contribution in [0.25, 0.3) is 0 Å². The molecule has 0 spiro atoms. The van der Waals surface area contributed by atoms with Gasteiger partial charge in [0.25, 0.3) is 0 Å². The minimum absolute atomic E-state index is 0.497. The number of ether oxygens (including phenoxy) is 1. The first-order valence-corrected chi connectivity index (χ1v) is 11.7. The number of hydrogen-bond acceptors (Lipinski definition) is 5. The fourth-order valence-electron chi connectivity index (χ4n) is 3.60. The van der Waals surface area contributed by atoms with Gasteiger partial charge >= 0.3 is 0 Å². The number of aryl methyl sites for hydroxylation is 1. The molecule has 0 fully saturated rings. The first-order valence-electron chi connectivity index (χ1n) is 10.8. The van der Waals surface area contributed by atoms with E-state index >= 15 is 0 Å². The number of rotatable bonds is 7. The van der Waals surface area contributed by atoms with Gasteiger partial charge in [0.2, 0.25) is 0 Å². The van der Waals surface area contributed by atoms with E-state index in [1.54, 1.807) is 11.3 Å². The zero-order chi connectivity index (χ0) is 21.6. The van der Waals surface area contributed by atoms with Gasteiger partial charge in [-0.3, -0.25) is 0 Å². The molecule has 2 aromatic heterocycles. The first-order chi connectivity index (χ1) is 15.1. The van der Waals surface area contributed by atoms with E-state index in [0.717, 1.165) is 62.4 Å². The minimum atomic E-state index is 0.497. The van der Waals surface area contributed by atoms with Crippen LogP contribution in [0.3, 0.4) is 0 Å². The third-order valence-electron chi connectivity index (χ3n) is 5.52. The van der Waals surface area contributed by atoms with Crippen molar-refractivity contribution in [3.05, 3.63) is 63.4 Å². The highest BCUT2D eigenvalue weighted by Crippen LogP contribution is 2.24. The summed E-state index contributed by atoms with van der Waals surface area (Å²) in [5, 5.41) is 14.1. The van der Waals surface area contributed by atoms with Crippen molar-refractivity contribution in [1.82, 2.24) is 25.0 Å². The van der Waals surface area contributed by atoms with E-state index in [9.17, 15) is 0 Å². The molecule has 4 rings (SSSR count). The molecule has 31 heavy (non-hydrogen) atoms. The predicted molar refractivity (Wildman–Crippen MR) is 124 cm³/mol. The van der Waals surface area contributed by atoms with Crippen LogP contribution in [-0.2, 0) is 33.1 Å². The van der Waals surface area contributed by atoms with Crippen LogP contribution in [0.5, 0.6) is 5.75 Å². The predicted octanol–water partition coefficient (Wildman–Crippen LogP) is 3.68. The minimum Gasteiger partial charge on any atom is -0.494 e. The van der Waals surface area contributed by atoms with Crippen molar-refractivity contribution in [3.8, 4) is 5.75 Å². The van der Waals surface area contributed by atoms with Gasteiger partial charge in [0.05, 0.1) is 13.2 Å². The van der Waals surface area contributed by atoms with E-state index in [1.807, 2.05) is 18.5 Å². The molecule has 0 amide bonds. The maximum atomic E-state index is 5.81. The van der Waals surface area contributed by atoms with Crippen molar-refractivity contribution in [3.63, 3.8) is 0 Å². The monoisotopic (exact) mass is 438 g/mol. The third-order valence-corrected chi connectivity index (χ3v) is 6.39. The standard InChI is InChI=1S/C23H30N6OS/c1-4-11-30-20-8-7-19-16-29(10-9-18(19)13-20)23(24-14-21-6-5-12-31-21)25-15-22-27-26-17(2)28(22)3/h5-8,12-13H,4,9-11,14-16H2,1-3H3,(H,24,25). The number of thiophene rings is 1. The molecular weight excluding hydrogens is 408 g/mol. The van der Waals surface area contributed by atoms with Crippen LogP contribution in [-0.4, -0.2) is 38.8 Å². The molecule has 0 bridgehead atoms. The topological polar surface area (TPSA) is 67.6 Å². The number of aliphatic imine (C=N–C) groups is 1. The summed E-state index contributed by atoms with van der Waals surface area (Å²) in [6.45, 7) is 7.85. The van der Waals surface area contributed by atoms with Crippen LogP contribution >= 0.6 is 11.3 Å².